The summed E-state index contributed by atoms with van der Waals surface area (Å²) in [7, 11) is 0. The van der Waals surface area contributed by atoms with Crippen LogP contribution in [0.25, 0.3) is 10.4 Å². The van der Waals surface area contributed by atoms with E-state index in [1.54, 1.807) is 6.07 Å². The molecular formula is C26H24ClN3O3S. The van der Waals surface area contributed by atoms with Crippen LogP contribution in [0.15, 0.2) is 42.5 Å². The molecule has 6 rings (SSSR count). The van der Waals surface area contributed by atoms with Crippen LogP contribution in [0.4, 0.5) is 0 Å². The van der Waals surface area contributed by atoms with Crippen molar-refractivity contribution in [1.82, 2.24) is 15.2 Å². The van der Waals surface area contributed by atoms with Crippen LogP contribution in [-0.2, 0) is 6.42 Å². The first-order valence-corrected chi connectivity index (χ1v) is 12.8. The third kappa shape index (κ3) is 3.77. The van der Waals surface area contributed by atoms with Gasteiger partial charge in [0, 0.05) is 24.5 Å². The molecule has 174 valence electrons. The number of benzene rings is 2. The molecule has 2 aliphatic heterocycles. The van der Waals surface area contributed by atoms with Gasteiger partial charge >= 0.3 is 0 Å². The molecule has 1 aromatic heterocycles. The van der Waals surface area contributed by atoms with E-state index in [-0.39, 0.29) is 17.9 Å². The van der Waals surface area contributed by atoms with Crippen LogP contribution >= 0.6 is 22.9 Å². The lowest BCUT2D eigenvalue weighted by Crippen LogP contribution is -2.45. The summed E-state index contributed by atoms with van der Waals surface area (Å²) in [5.74, 6) is 1.39. The number of ether oxygens (including phenoxy) is 1. The topological polar surface area (TPSA) is 71.5 Å². The van der Waals surface area contributed by atoms with Crippen molar-refractivity contribution in [3.8, 4) is 16.2 Å². The standard InChI is InChI=1S/C26H24ClN3O3S/c1-14-29-22(24(34-14)16-5-2-6-18(27)10-16)26(32)30-13-17-11-20(17)21(30)12-28-25(31)19-7-3-4-15-8-9-33-23(15)19/h2-7,10,17,20-21H,8-9,11-13H2,1H3,(H,28,31)/t17-,20-,21+/m0/s1. The van der Waals surface area contributed by atoms with Crippen molar-refractivity contribution in [2.24, 2.45) is 11.8 Å². The molecule has 3 aliphatic rings. The zero-order valence-electron chi connectivity index (χ0n) is 18.7. The molecule has 3 heterocycles. The first kappa shape index (κ1) is 21.6. The van der Waals surface area contributed by atoms with Crippen molar-refractivity contribution in [2.75, 3.05) is 19.7 Å². The Hall–Kier alpha value is -2.90. The van der Waals surface area contributed by atoms with Gasteiger partial charge in [0.05, 0.1) is 28.1 Å². The number of piperidine rings is 1. The number of aromatic nitrogens is 1. The fraction of sp³-hybridized carbons (Fsp3) is 0.346. The summed E-state index contributed by atoms with van der Waals surface area (Å²) in [6.07, 6.45) is 1.93. The van der Waals surface area contributed by atoms with Crippen LogP contribution in [0.2, 0.25) is 5.02 Å². The number of carbonyl (C=O) groups excluding carboxylic acids is 2. The third-order valence-corrected chi connectivity index (χ3v) is 8.27. The zero-order chi connectivity index (χ0) is 23.4. The predicted molar refractivity (Wildman–Crippen MR) is 132 cm³/mol. The second kappa shape index (κ2) is 8.40. The molecular weight excluding hydrogens is 470 g/mol. The minimum Gasteiger partial charge on any atom is -0.492 e. The Morgan fingerprint density at radius 2 is 2.12 bits per heavy atom. The highest BCUT2D eigenvalue weighted by molar-refractivity contribution is 7.15. The maximum absolute atomic E-state index is 13.7. The van der Waals surface area contributed by atoms with Crippen LogP contribution < -0.4 is 10.1 Å². The minimum absolute atomic E-state index is 0.0339. The van der Waals surface area contributed by atoms with Crippen molar-refractivity contribution in [3.05, 3.63) is 69.3 Å². The number of hydrogen-bond acceptors (Lipinski definition) is 5. The fourth-order valence-corrected chi connectivity index (χ4v) is 6.38. The van der Waals surface area contributed by atoms with Crippen LogP contribution in [0.1, 0.15) is 37.8 Å². The Balaban J connectivity index is 1.22. The molecule has 1 aliphatic carbocycles. The van der Waals surface area contributed by atoms with Gasteiger partial charge in [-0.2, -0.15) is 0 Å². The lowest BCUT2D eigenvalue weighted by atomic mass is 10.1. The van der Waals surface area contributed by atoms with Crippen molar-refractivity contribution in [3.63, 3.8) is 0 Å². The maximum atomic E-state index is 13.7. The van der Waals surface area contributed by atoms with E-state index in [4.69, 9.17) is 16.3 Å². The molecule has 6 nitrogen and oxygen atoms in total. The monoisotopic (exact) mass is 493 g/mol. The molecule has 8 heteroatoms. The maximum Gasteiger partial charge on any atom is 0.274 e. The van der Waals surface area contributed by atoms with E-state index in [2.05, 4.69) is 10.3 Å². The van der Waals surface area contributed by atoms with Crippen LogP contribution in [-0.4, -0.2) is 47.4 Å². The summed E-state index contributed by atoms with van der Waals surface area (Å²) in [5.41, 5.74) is 3.00. The molecule has 0 spiro atoms. The number of halogens is 1. The highest BCUT2D eigenvalue weighted by Gasteiger charge is 2.54. The largest absolute Gasteiger partial charge is 0.492 e. The van der Waals surface area contributed by atoms with E-state index in [0.29, 0.717) is 53.6 Å². The van der Waals surface area contributed by atoms with E-state index in [0.717, 1.165) is 33.9 Å². The number of nitrogens with zero attached hydrogens (tertiary/aromatic N) is 2. The molecule has 1 saturated heterocycles. The van der Waals surface area contributed by atoms with Crippen LogP contribution in [0.5, 0.6) is 5.75 Å². The highest BCUT2D eigenvalue weighted by atomic mass is 35.5. The van der Waals surface area contributed by atoms with Gasteiger partial charge in [-0.15, -0.1) is 11.3 Å². The van der Waals surface area contributed by atoms with Gasteiger partial charge in [0.1, 0.15) is 11.4 Å². The van der Waals surface area contributed by atoms with Gasteiger partial charge < -0.3 is 15.0 Å². The van der Waals surface area contributed by atoms with E-state index in [1.807, 2.05) is 48.2 Å². The Labute approximate surface area is 206 Å². The van der Waals surface area contributed by atoms with E-state index < -0.39 is 0 Å². The first-order valence-electron chi connectivity index (χ1n) is 11.6. The van der Waals surface area contributed by atoms with Gasteiger partial charge in [0.15, 0.2) is 0 Å². The summed E-state index contributed by atoms with van der Waals surface area (Å²) >= 11 is 7.71. The summed E-state index contributed by atoms with van der Waals surface area (Å²) in [4.78, 5) is 34.0. The number of carbonyl (C=O) groups is 2. The van der Waals surface area contributed by atoms with Crippen molar-refractivity contribution in [1.29, 1.82) is 0 Å². The summed E-state index contributed by atoms with van der Waals surface area (Å²) in [5, 5.41) is 4.54. The van der Waals surface area contributed by atoms with Gasteiger partial charge in [-0.25, -0.2) is 4.98 Å². The molecule has 2 amide bonds. The molecule has 1 saturated carbocycles. The fourth-order valence-electron chi connectivity index (χ4n) is 5.29. The normalized spacial score (nSPS) is 22.2. The molecule has 3 aromatic rings. The summed E-state index contributed by atoms with van der Waals surface area (Å²) in [6.45, 7) is 3.65. The quantitative estimate of drug-likeness (QED) is 0.564. The molecule has 34 heavy (non-hydrogen) atoms. The van der Waals surface area contributed by atoms with Crippen LogP contribution in [0, 0.1) is 18.8 Å². The highest BCUT2D eigenvalue weighted by Crippen LogP contribution is 2.50. The Morgan fingerprint density at radius 3 is 2.97 bits per heavy atom. The Bertz CT molecular complexity index is 1310. The molecule has 2 fully saturated rings. The number of hydrogen-bond donors (Lipinski definition) is 1. The van der Waals surface area contributed by atoms with Crippen LogP contribution in [0.3, 0.4) is 0 Å². The summed E-state index contributed by atoms with van der Waals surface area (Å²) in [6, 6.07) is 13.2. The van der Waals surface area contributed by atoms with Crippen molar-refractivity contribution < 1.29 is 14.3 Å². The molecule has 3 atom stereocenters. The van der Waals surface area contributed by atoms with Gasteiger partial charge in [0.2, 0.25) is 0 Å². The van der Waals surface area contributed by atoms with Crippen molar-refractivity contribution in [2.45, 2.75) is 25.8 Å². The van der Waals surface area contributed by atoms with Crippen molar-refractivity contribution >= 4 is 34.8 Å². The number of thiazole rings is 1. The number of rotatable bonds is 5. The molecule has 0 unspecified atom stereocenters. The number of amides is 2. The predicted octanol–water partition coefficient (Wildman–Crippen LogP) is 4.60. The number of nitrogens with one attached hydrogen (secondary N) is 1. The SMILES string of the molecule is Cc1nc(C(=O)N2C[C@@H]3C[C@@H]3[C@H]2CNC(=O)c2cccc3c2OCC3)c(-c2cccc(Cl)c2)s1. The summed E-state index contributed by atoms with van der Waals surface area (Å²) < 4.78 is 5.69. The number of aryl methyl sites for hydroxylation is 1. The van der Waals surface area contributed by atoms with Gasteiger partial charge in [-0.1, -0.05) is 35.9 Å². The lowest BCUT2D eigenvalue weighted by Gasteiger charge is -2.27. The van der Waals surface area contributed by atoms with Gasteiger partial charge in [-0.3, -0.25) is 9.59 Å². The van der Waals surface area contributed by atoms with E-state index >= 15 is 0 Å². The van der Waals surface area contributed by atoms with E-state index in [1.165, 1.54) is 11.3 Å². The second-order valence-corrected chi connectivity index (χ2v) is 10.8. The average molecular weight is 494 g/mol. The second-order valence-electron chi connectivity index (χ2n) is 9.21. The van der Waals surface area contributed by atoms with Gasteiger partial charge in [-0.05, 0) is 54.5 Å². The number of likely N-dealkylation sites (tertiary alicyclic amines) is 1. The molecule has 0 bridgehead atoms. The molecule has 2 aromatic carbocycles. The zero-order valence-corrected chi connectivity index (χ0v) is 20.3. The smallest absolute Gasteiger partial charge is 0.274 e. The van der Waals surface area contributed by atoms with E-state index in [9.17, 15) is 9.59 Å². The Morgan fingerprint density at radius 1 is 1.26 bits per heavy atom. The average Bonchev–Trinajstić information content (AvgIpc) is 3.16. The first-order chi connectivity index (χ1) is 16.5. The number of fused-ring (bicyclic) bond motifs is 2. The lowest BCUT2D eigenvalue weighted by molar-refractivity contribution is 0.0690. The minimum atomic E-state index is -0.153. The Kier molecular flexibility index (Phi) is 5.34. The third-order valence-electron chi connectivity index (χ3n) is 7.02. The molecule has 0 radical (unpaired) electrons. The molecule has 1 N–H and O–H groups in total. The number of para-hydroxylation sites is 1. The van der Waals surface area contributed by atoms with Gasteiger partial charge in [0.25, 0.3) is 11.8 Å².